The fourth-order valence-electron chi connectivity index (χ4n) is 0.558. The predicted octanol–water partition coefficient (Wildman–Crippen LogP) is 1.10. The van der Waals surface area contributed by atoms with Crippen LogP contribution in [0.3, 0.4) is 0 Å². The third kappa shape index (κ3) is 3.02. The standard InChI is InChI=1S/C6H7N5S/c7-6(12)10-11-9-5-1-3-8-4-2-5/h1-4H,(H3,7,8,9,10,12). The third-order valence-corrected chi connectivity index (χ3v) is 1.09. The Labute approximate surface area is 74.7 Å². The van der Waals surface area contributed by atoms with Crippen molar-refractivity contribution in [1.29, 1.82) is 0 Å². The first-order valence-electron chi connectivity index (χ1n) is 3.15. The van der Waals surface area contributed by atoms with E-state index in [0.717, 1.165) is 5.69 Å². The second-order valence-corrected chi connectivity index (χ2v) is 2.30. The number of nitrogens with zero attached hydrogens (tertiary/aromatic N) is 3. The van der Waals surface area contributed by atoms with Crippen LogP contribution in [0, 0.1) is 0 Å². The molecule has 62 valence electrons. The SMILES string of the molecule is NC(=S)/N=N/Nc1ccncc1. The van der Waals surface area contributed by atoms with Crippen molar-refractivity contribution in [2.24, 2.45) is 16.1 Å². The van der Waals surface area contributed by atoms with Crippen LogP contribution in [0.15, 0.2) is 34.9 Å². The van der Waals surface area contributed by atoms with Crippen LogP contribution < -0.4 is 11.2 Å². The minimum absolute atomic E-state index is 0.00319. The van der Waals surface area contributed by atoms with Crippen LogP contribution in [0.5, 0.6) is 0 Å². The van der Waals surface area contributed by atoms with Crippen LogP contribution in [-0.4, -0.2) is 10.1 Å². The van der Waals surface area contributed by atoms with E-state index in [0.29, 0.717) is 0 Å². The maximum Gasteiger partial charge on any atom is 0.213 e. The highest BCUT2D eigenvalue weighted by Crippen LogP contribution is 2.02. The molecular formula is C6H7N5S. The van der Waals surface area contributed by atoms with Crippen LogP contribution in [0.1, 0.15) is 0 Å². The van der Waals surface area contributed by atoms with Crippen molar-refractivity contribution in [2.45, 2.75) is 0 Å². The van der Waals surface area contributed by atoms with E-state index in [9.17, 15) is 0 Å². The Morgan fingerprint density at radius 1 is 1.50 bits per heavy atom. The smallest absolute Gasteiger partial charge is 0.213 e. The second-order valence-electron chi connectivity index (χ2n) is 1.89. The quantitative estimate of drug-likeness (QED) is 0.407. The van der Waals surface area contributed by atoms with Gasteiger partial charge in [0.05, 0.1) is 5.69 Å². The molecule has 0 aliphatic rings. The Bertz CT molecular complexity index is 283. The Morgan fingerprint density at radius 2 is 2.17 bits per heavy atom. The third-order valence-electron chi connectivity index (χ3n) is 1.01. The van der Waals surface area contributed by atoms with Crippen LogP contribution in [0.25, 0.3) is 0 Å². The molecule has 3 N–H and O–H groups in total. The summed E-state index contributed by atoms with van der Waals surface area (Å²) in [4.78, 5) is 3.83. The van der Waals surface area contributed by atoms with Gasteiger partial charge in [-0.05, 0) is 24.4 Å². The molecule has 0 unspecified atom stereocenters. The summed E-state index contributed by atoms with van der Waals surface area (Å²) in [6.07, 6.45) is 3.28. The van der Waals surface area contributed by atoms with Gasteiger partial charge in [0.15, 0.2) is 0 Å². The average molecular weight is 181 g/mol. The van der Waals surface area contributed by atoms with Gasteiger partial charge in [-0.15, -0.1) is 5.11 Å². The fraction of sp³-hybridized carbons (Fsp3) is 0. The fourth-order valence-corrected chi connectivity index (χ4v) is 0.599. The highest BCUT2D eigenvalue weighted by atomic mass is 32.1. The van der Waals surface area contributed by atoms with Gasteiger partial charge >= 0.3 is 0 Å². The topological polar surface area (TPSA) is 75.7 Å². The monoisotopic (exact) mass is 181 g/mol. The zero-order valence-electron chi connectivity index (χ0n) is 6.14. The number of aromatic nitrogens is 1. The van der Waals surface area contributed by atoms with E-state index in [1.165, 1.54) is 0 Å². The van der Waals surface area contributed by atoms with Gasteiger partial charge in [-0.2, -0.15) is 0 Å². The first-order valence-corrected chi connectivity index (χ1v) is 3.56. The molecule has 5 nitrogen and oxygen atoms in total. The number of nitrogens with one attached hydrogen (secondary N) is 1. The van der Waals surface area contributed by atoms with Crippen molar-refractivity contribution in [1.82, 2.24) is 4.98 Å². The zero-order chi connectivity index (χ0) is 8.81. The van der Waals surface area contributed by atoms with E-state index in [-0.39, 0.29) is 5.11 Å². The van der Waals surface area contributed by atoms with Gasteiger partial charge in [-0.1, -0.05) is 5.22 Å². The van der Waals surface area contributed by atoms with Gasteiger partial charge in [0, 0.05) is 12.4 Å². The maximum absolute atomic E-state index is 5.08. The maximum atomic E-state index is 5.08. The summed E-state index contributed by atoms with van der Waals surface area (Å²) in [6, 6.07) is 3.50. The molecule has 6 heteroatoms. The minimum Gasteiger partial charge on any atom is -0.373 e. The molecule has 0 aliphatic carbocycles. The molecule has 0 amide bonds. The van der Waals surface area contributed by atoms with Crippen LogP contribution in [-0.2, 0) is 0 Å². The van der Waals surface area contributed by atoms with Crippen molar-refractivity contribution < 1.29 is 0 Å². The molecule has 0 aromatic carbocycles. The van der Waals surface area contributed by atoms with Crippen molar-refractivity contribution in [3.63, 3.8) is 0 Å². The lowest BCUT2D eigenvalue weighted by Crippen LogP contribution is -2.02. The Balaban J connectivity index is 2.49. The average Bonchev–Trinajstić information content (AvgIpc) is 2.05. The van der Waals surface area contributed by atoms with Gasteiger partial charge in [0.1, 0.15) is 0 Å². The summed E-state index contributed by atoms with van der Waals surface area (Å²) in [7, 11) is 0. The summed E-state index contributed by atoms with van der Waals surface area (Å²) in [5, 5.41) is 6.94. The molecule has 0 saturated carbocycles. The van der Waals surface area contributed by atoms with Gasteiger partial charge < -0.3 is 5.73 Å². The Hall–Kier alpha value is -1.56. The molecule has 12 heavy (non-hydrogen) atoms. The normalized spacial score (nSPS) is 10.0. The minimum atomic E-state index is -0.00319. The number of pyridine rings is 1. The number of anilines is 1. The molecular weight excluding hydrogens is 174 g/mol. The molecule has 0 bridgehead atoms. The Morgan fingerprint density at radius 3 is 2.75 bits per heavy atom. The molecule has 1 aromatic rings. The summed E-state index contributed by atoms with van der Waals surface area (Å²) in [5.41, 5.74) is 8.48. The lowest BCUT2D eigenvalue weighted by Gasteiger charge is -1.94. The highest BCUT2D eigenvalue weighted by Gasteiger charge is 1.85. The Kier molecular flexibility index (Phi) is 3.09. The second kappa shape index (κ2) is 4.35. The molecule has 0 spiro atoms. The van der Waals surface area contributed by atoms with Crippen molar-refractivity contribution >= 4 is 23.0 Å². The van der Waals surface area contributed by atoms with Crippen LogP contribution in [0.4, 0.5) is 5.69 Å². The lowest BCUT2D eigenvalue weighted by molar-refractivity contribution is 1.15. The first-order chi connectivity index (χ1) is 5.79. The molecule has 0 atom stereocenters. The van der Waals surface area contributed by atoms with Gasteiger partial charge in [0.25, 0.3) is 0 Å². The summed E-state index contributed by atoms with van der Waals surface area (Å²) in [6.45, 7) is 0. The van der Waals surface area contributed by atoms with E-state index >= 15 is 0 Å². The largest absolute Gasteiger partial charge is 0.373 e. The number of rotatable bonds is 2. The number of nitrogens with two attached hydrogens (primary N) is 1. The van der Waals surface area contributed by atoms with Gasteiger partial charge in [0.2, 0.25) is 5.11 Å². The van der Waals surface area contributed by atoms with Gasteiger partial charge in [-0.3, -0.25) is 10.4 Å². The summed E-state index contributed by atoms with van der Waals surface area (Å²) < 4.78 is 0. The molecule has 0 fully saturated rings. The zero-order valence-corrected chi connectivity index (χ0v) is 6.95. The summed E-state index contributed by atoms with van der Waals surface area (Å²) >= 11 is 4.48. The van der Waals surface area contributed by atoms with Crippen LogP contribution in [0.2, 0.25) is 0 Å². The number of hydrogen-bond acceptors (Lipinski definition) is 3. The molecule has 1 aromatic heterocycles. The lowest BCUT2D eigenvalue weighted by atomic mass is 10.4. The molecule has 0 radical (unpaired) electrons. The first kappa shape index (κ1) is 8.54. The van der Waals surface area contributed by atoms with Crippen molar-refractivity contribution in [3.05, 3.63) is 24.5 Å². The van der Waals surface area contributed by atoms with E-state index in [1.54, 1.807) is 24.5 Å². The van der Waals surface area contributed by atoms with E-state index in [2.05, 4.69) is 33.0 Å². The van der Waals surface area contributed by atoms with E-state index in [4.69, 9.17) is 5.73 Å². The van der Waals surface area contributed by atoms with Crippen LogP contribution >= 0.6 is 12.2 Å². The highest BCUT2D eigenvalue weighted by molar-refractivity contribution is 7.80. The summed E-state index contributed by atoms with van der Waals surface area (Å²) in [5.74, 6) is 0. The van der Waals surface area contributed by atoms with E-state index in [1.807, 2.05) is 0 Å². The van der Waals surface area contributed by atoms with Crippen molar-refractivity contribution in [2.75, 3.05) is 5.43 Å². The molecule has 1 rings (SSSR count). The van der Waals surface area contributed by atoms with Crippen molar-refractivity contribution in [3.8, 4) is 0 Å². The molecule has 1 heterocycles. The molecule has 0 saturated heterocycles. The number of thiocarbonyl (C=S) groups is 1. The van der Waals surface area contributed by atoms with Gasteiger partial charge in [-0.25, -0.2) is 0 Å². The molecule has 0 aliphatic heterocycles. The predicted molar refractivity (Wildman–Crippen MR) is 49.5 cm³/mol. The number of hydrogen-bond donors (Lipinski definition) is 2. The van der Waals surface area contributed by atoms with E-state index < -0.39 is 0 Å².